The van der Waals surface area contributed by atoms with Crippen LogP contribution in [-0.2, 0) is 4.79 Å². The largest absolute Gasteiger partial charge is 0.394 e. The van der Waals surface area contributed by atoms with Gasteiger partial charge in [-0.3, -0.25) is 4.79 Å². The third kappa shape index (κ3) is 43.2. The predicted octanol–water partition coefficient (Wildman–Crippen LogP) is 15.9. The normalized spacial score (nSPS) is 13.4. The van der Waals surface area contributed by atoms with Crippen LogP contribution in [0.4, 0.5) is 0 Å². The number of hydrogen-bond donors (Lipinski definition) is 4. The number of rotatable bonds is 49. The molecule has 0 saturated carbocycles. The molecule has 0 radical (unpaired) electrons. The molecule has 0 aromatic heterocycles. The van der Waals surface area contributed by atoms with Crippen molar-refractivity contribution in [2.24, 2.45) is 0 Å². The number of allylic oxidation sites excluding steroid dienone is 1. The van der Waals surface area contributed by atoms with Crippen LogP contribution in [0.25, 0.3) is 0 Å². The topological polar surface area (TPSA) is 89.8 Å². The molecule has 0 bridgehead atoms. The third-order valence-electron chi connectivity index (χ3n) is 12.6. The molecule has 3 atom stereocenters. The number of aliphatic hydroxyl groups is 3. The van der Waals surface area contributed by atoms with Crippen LogP contribution in [0, 0.1) is 0 Å². The highest BCUT2D eigenvalue weighted by atomic mass is 16.3. The average Bonchev–Trinajstić information content (AvgIpc) is 3.23. The number of nitrogens with one attached hydrogen (secondary N) is 1. The Labute approximate surface area is 363 Å². The van der Waals surface area contributed by atoms with E-state index in [9.17, 15) is 20.1 Å². The van der Waals surface area contributed by atoms with Crippen LogP contribution < -0.4 is 5.32 Å². The second kappa shape index (κ2) is 48.8. The fourth-order valence-corrected chi connectivity index (χ4v) is 8.48. The van der Waals surface area contributed by atoms with E-state index >= 15 is 0 Å². The Hall–Kier alpha value is -0.910. The summed E-state index contributed by atoms with van der Waals surface area (Å²) in [4.78, 5) is 12.5. The van der Waals surface area contributed by atoms with E-state index in [0.29, 0.717) is 6.42 Å². The van der Waals surface area contributed by atoms with E-state index in [0.717, 1.165) is 32.1 Å². The molecular weight excluding hydrogens is 715 g/mol. The first-order valence-electron chi connectivity index (χ1n) is 26.5. The van der Waals surface area contributed by atoms with Gasteiger partial charge in [-0.25, -0.2) is 0 Å². The number of unbranched alkanes of at least 4 members (excludes halogenated alkanes) is 41. The molecule has 0 fully saturated rings. The maximum Gasteiger partial charge on any atom is 0.249 e. The summed E-state index contributed by atoms with van der Waals surface area (Å²) in [5, 5.41) is 33.3. The van der Waals surface area contributed by atoms with Crippen LogP contribution in [-0.4, -0.2) is 46.1 Å². The Kier molecular flexibility index (Phi) is 48.0. The third-order valence-corrected chi connectivity index (χ3v) is 12.6. The fourth-order valence-electron chi connectivity index (χ4n) is 8.48. The van der Waals surface area contributed by atoms with E-state index in [1.54, 1.807) is 6.08 Å². The van der Waals surface area contributed by atoms with E-state index < -0.39 is 24.2 Å². The first-order chi connectivity index (χ1) is 28.6. The van der Waals surface area contributed by atoms with Crippen LogP contribution in [0.5, 0.6) is 0 Å². The van der Waals surface area contributed by atoms with E-state index in [2.05, 4.69) is 19.2 Å². The lowest BCUT2D eigenvalue weighted by Gasteiger charge is -2.21. The Morgan fingerprint density at radius 2 is 0.672 bits per heavy atom. The molecule has 1 amide bonds. The lowest BCUT2D eigenvalue weighted by atomic mass is 10.0. The van der Waals surface area contributed by atoms with Gasteiger partial charge in [-0.15, -0.1) is 0 Å². The maximum absolute atomic E-state index is 12.5. The van der Waals surface area contributed by atoms with Gasteiger partial charge in [0.2, 0.25) is 5.91 Å². The molecule has 0 saturated heterocycles. The lowest BCUT2D eigenvalue weighted by Crippen LogP contribution is -2.48. The summed E-state index contributed by atoms with van der Waals surface area (Å²) in [5.74, 6) is -0.497. The molecule has 0 aromatic carbocycles. The van der Waals surface area contributed by atoms with Crippen molar-refractivity contribution < 1.29 is 20.1 Å². The monoisotopic (exact) mass is 820 g/mol. The van der Waals surface area contributed by atoms with Gasteiger partial charge >= 0.3 is 0 Å². The minimum absolute atomic E-state index is 0.358. The van der Waals surface area contributed by atoms with Gasteiger partial charge in [0, 0.05) is 0 Å². The predicted molar refractivity (Wildman–Crippen MR) is 255 cm³/mol. The molecule has 0 aromatic rings. The van der Waals surface area contributed by atoms with Crippen molar-refractivity contribution in [2.45, 2.75) is 315 Å². The standard InChI is InChI=1S/C53H105NO4/c1-3-5-7-9-11-13-15-17-19-21-23-24-25-26-27-28-30-31-33-35-37-39-41-43-45-47-51(56)50(49-55)54-53(58)52(57)48-46-44-42-40-38-36-34-32-29-22-20-18-16-14-12-10-8-6-4-2/h45,47,50-52,55-57H,3-44,46,48-49H2,1-2H3,(H,54,58)/b47-45+. The van der Waals surface area contributed by atoms with Crippen molar-refractivity contribution in [1.82, 2.24) is 5.32 Å². The van der Waals surface area contributed by atoms with Crippen molar-refractivity contribution >= 4 is 5.91 Å². The summed E-state index contributed by atoms with van der Waals surface area (Å²) < 4.78 is 0. The molecule has 346 valence electrons. The van der Waals surface area contributed by atoms with E-state index in [1.165, 1.54) is 244 Å². The van der Waals surface area contributed by atoms with Crippen molar-refractivity contribution in [3.05, 3.63) is 12.2 Å². The highest BCUT2D eigenvalue weighted by Gasteiger charge is 2.22. The molecule has 5 heteroatoms. The van der Waals surface area contributed by atoms with Gasteiger partial charge in [0.15, 0.2) is 0 Å². The first-order valence-corrected chi connectivity index (χ1v) is 26.5. The van der Waals surface area contributed by atoms with Gasteiger partial charge in [-0.2, -0.15) is 0 Å². The van der Waals surface area contributed by atoms with Crippen molar-refractivity contribution in [2.75, 3.05) is 6.61 Å². The highest BCUT2D eigenvalue weighted by molar-refractivity contribution is 5.80. The molecule has 0 aliphatic carbocycles. The molecule has 4 N–H and O–H groups in total. The fraction of sp³-hybridized carbons (Fsp3) is 0.943. The second-order valence-corrected chi connectivity index (χ2v) is 18.5. The SMILES string of the molecule is CCCCCCCCCCCCCCCCCCCCCCCCC/C=C/C(O)C(CO)NC(=O)C(O)CCCCCCCCCCCCCCCCCCCCC. The number of carbonyl (C=O) groups excluding carboxylic acids is 1. The Morgan fingerprint density at radius 1 is 0.414 bits per heavy atom. The number of carbonyl (C=O) groups is 1. The summed E-state index contributed by atoms with van der Waals surface area (Å²) in [5.41, 5.74) is 0. The van der Waals surface area contributed by atoms with Crippen molar-refractivity contribution in [3.63, 3.8) is 0 Å². The molecule has 5 nitrogen and oxygen atoms in total. The minimum Gasteiger partial charge on any atom is -0.394 e. The Bertz CT molecular complexity index is 818. The van der Waals surface area contributed by atoms with Gasteiger partial charge in [-0.1, -0.05) is 289 Å². The number of aliphatic hydroxyl groups excluding tert-OH is 3. The summed E-state index contributed by atoms with van der Waals surface area (Å²) in [6, 6.07) is -0.794. The zero-order valence-electron chi connectivity index (χ0n) is 39.5. The summed E-state index contributed by atoms with van der Waals surface area (Å²) in [7, 11) is 0. The van der Waals surface area contributed by atoms with Gasteiger partial charge in [-0.05, 0) is 19.3 Å². The molecule has 0 heterocycles. The zero-order valence-corrected chi connectivity index (χ0v) is 39.5. The van der Waals surface area contributed by atoms with E-state index in [4.69, 9.17) is 0 Å². The number of hydrogen-bond acceptors (Lipinski definition) is 4. The smallest absolute Gasteiger partial charge is 0.249 e. The molecule has 0 aliphatic rings. The minimum atomic E-state index is -1.09. The molecule has 58 heavy (non-hydrogen) atoms. The maximum atomic E-state index is 12.5. The average molecular weight is 820 g/mol. The summed E-state index contributed by atoms with van der Waals surface area (Å²) >= 11 is 0. The van der Waals surface area contributed by atoms with Gasteiger partial charge in [0.05, 0.1) is 18.8 Å². The van der Waals surface area contributed by atoms with E-state index in [-0.39, 0.29) is 6.61 Å². The quantitative estimate of drug-likeness (QED) is 0.0364. The highest BCUT2D eigenvalue weighted by Crippen LogP contribution is 2.18. The number of amides is 1. The molecule has 3 unspecified atom stereocenters. The zero-order chi connectivity index (χ0) is 42.3. The molecular formula is C53H105NO4. The van der Waals surface area contributed by atoms with Gasteiger partial charge in [0.25, 0.3) is 0 Å². The van der Waals surface area contributed by atoms with Crippen molar-refractivity contribution in [3.8, 4) is 0 Å². The summed E-state index contributed by atoms with van der Waals surface area (Å²) in [6.45, 7) is 4.22. The van der Waals surface area contributed by atoms with Crippen LogP contribution in [0.3, 0.4) is 0 Å². The van der Waals surface area contributed by atoms with E-state index in [1.807, 2.05) is 6.08 Å². The Morgan fingerprint density at radius 3 is 0.948 bits per heavy atom. The Balaban J connectivity index is 3.56. The van der Waals surface area contributed by atoms with Crippen LogP contribution in [0.1, 0.15) is 296 Å². The van der Waals surface area contributed by atoms with Gasteiger partial charge < -0.3 is 20.6 Å². The molecule has 0 spiro atoms. The van der Waals surface area contributed by atoms with Crippen molar-refractivity contribution in [1.29, 1.82) is 0 Å². The first kappa shape index (κ1) is 57.1. The molecule has 0 aliphatic heterocycles. The molecule has 0 rings (SSSR count). The lowest BCUT2D eigenvalue weighted by molar-refractivity contribution is -0.131. The van der Waals surface area contributed by atoms with Crippen LogP contribution in [0.15, 0.2) is 12.2 Å². The van der Waals surface area contributed by atoms with Crippen LogP contribution in [0.2, 0.25) is 0 Å². The second-order valence-electron chi connectivity index (χ2n) is 18.5. The summed E-state index contributed by atoms with van der Waals surface area (Å²) in [6.07, 6.45) is 59.9. The van der Waals surface area contributed by atoms with Crippen LogP contribution >= 0.6 is 0 Å². The van der Waals surface area contributed by atoms with Gasteiger partial charge in [0.1, 0.15) is 6.10 Å².